The largest absolute Gasteiger partial charge is 0.370 e. The van der Waals surface area contributed by atoms with E-state index in [1.54, 1.807) is 6.07 Å². The quantitative estimate of drug-likeness (QED) is 0.674. The summed E-state index contributed by atoms with van der Waals surface area (Å²) >= 11 is 0. The van der Waals surface area contributed by atoms with E-state index in [0.29, 0.717) is 17.7 Å². The number of hydrogen-bond donors (Lipinski definition) is 0. The molecule has 5 heteroatoms. The van der Waals surface area contributed by atoms with E-state index in [1.165, 1.54) is 11.3 Å². The minimum atomic E-state index is 0.424. The van der Waals surface area contributed by atoms with Crippen LogP contribution < -0.4 is 4.90 Å². The maximum atomic E-state index is 9.34. The zero-order valence-corrected chi connectivity index (χ0v) is 18.5. The van der Waals surface area contributed by atoms with Crippen LogP contribution >= 0.6 is 0 Å². The fourth-order valence-electron chi connectivity index (χ4n) is 4.81. The van der Waals surface area contributed by atoms with E-state index in [-0.39, 0.29) is 0 Å². The molecule has 1 saturated carbocycles. The minimum absolute atomic E-state index is 0.424. The molecule has 0 radical (unpaired) electrons. The predicted octanol–water partition coefficient (Wildman–Crippen LogP) is 4.87. The molecule has 4 rings (SSSR count). The van der Waals surface area contributed by atoms with Crippen LogP contribution in [0, 0.1) is 17.2 Å². The molecule has 5 nitrogen and oxygen atoms in total. The van der Waals surface area contributed by atoms with E-state index in [1.807, 2.05) is 25.1 Å². The predicted molar refractivity (Wildman–Crippen MR) is 127 cm³/mol. The number of likely N-dealkylation sites (N-methyl/N-ethyl adjacent to an activating group) is 1. The Morgan fingerprint density at radius 2 is 1.87 bits per heavy atom. The number of nitriles is 1. The van der Waals surface area contributed by atoms with Crippen molar-refractivity contribution in [3.63, 3.8) is 0 Å². The number of fused-ring (bicyclic) bond motifs is 1. The SMILES string of the molecule is C=C1C=C(N(C)C2CCC(C(=NC)c3ccccc3)CC2)c2nc(C#N)ccc2N1C. The molecular weight excluding hydrogens is 382 g/mol. The Morgan fingerprint density at radius 3 is 2.52 bits per heavy atom. The third kappa shape index (κ3) is 3.98. The molecule has 0 amide bonds. The monoisotopic (exact) mass is 411 g/mol. The van der Waals surface area contributed by atoms with Crippen molar-refractivity contribution in [1.29, 1.82) is 5.26 Å². The van der Waals surface area contributed by atoms with E-state index in [9.17, 15) is 5.26 Å². The lowest BCUT2D eigenvalue weighted by molar-refractivity contribution is 0.247. The summed E-state index contributed by atoms with van der Waals surface area (Å²) in [6.45, 7) is 4.21. The van der Waals surface area contributed by atoms with Gasteiger partial charge in [-0.25, -0.2) is 4.98 Å². The first-order valence-corrected chi connectivity index (χ1v) is 10.8. The van der Waals surface area contributed by atoms with Gasteiger partial charge < -0.3 is 9.80 Å². The highest BCUT2D eigenvalue weighted by molar-refractivity contribution is 6.02. The fourth-order valence-corrected chi connectivity index (χ4v) is 4.81. The highest BCUT2D eigenvalue weighted by Crippen LogP contribution is 2.38. The molecule has 1 aliphatic carbocycles. The molecule has 0 unspecified atom stereocenters. The summed E-state index contributed by atoms with van der Waals surface area (Å²) in [5, 5.41) is 9.34. The summed E-state index contributed by atoms with van der Waals surface area (Å²) in [4.78, 5) is 13.6. The molecule has 2 aliphatic rings. The van der Waals surface area contributed by atoms with E-state index < -0.39 is 0 Å². The molecule has 2 heterocycles. The second-order valence-corrected chi connectivity index (χ2v) is 8.35. The third-order valence-corrected chi connectivity index (χ3v) is 6.65. The summed E-state index contributed by atoms with van der Waals surface area (Å²) in [5.74, 6) is 0.495. The summed E-state index contributed by atoms with van der Waals surface area (Å²) < 4.78 is 0. The van der Waals surface area contributed by atoms with E-state index >= 15 is 0 Å². The molecule has 1 aliphatic heterocycles. The summed E-state index contributed by atoms with van der Waals surface area (Å²) in [5.41, 5.74) is 6.72. The van der Waals surface area contributed by atoms with Crippen molar-refractivity contribution in [2.24, 2.45) is 10.9 Å². The Hall–Kier alpha value is -3.39. The first-order valence-electron chi connectivity index (χ1n) is 10.8. The molecule has 0 bridgehead atoms. The number of benzene rings is 1. The molecular formula is C26H29N5. The fraction of sp³-hybridized carbons (Fsp3) is 0.346. The molecule has 31 heavy (non-hydrogen) atoms. The van der Waals surface area contributed by atoms with Crippen LogP contribution in [-0.4, -0.2) is 42.8 Å². The number of nitrogens with zero attached hydrogens (tertiary/aromatic N) is 5. The lowest BCUT2D eigenvalue weighted by Crippen LogP contribution is -2.37. The van der Waals surface area contributed by atoms with Crippen molar-refractivity contribution in [2.75, 3.05) is 26.0 Å². The van der Waals surface area contributed by atoms with Crippen LogP contribution in [0.2, 0.25) is 0 Å². The molecule has 0 spiro atoms. The third-order valence-electron chi connectivity index (χ3n) is 6.65. The number of hydrogen-bond acceptors (Lipinski definition) is 5. The Bertz CT molecular complexity index is 1070. The normalized spacial score (nSPS) is 21.2. The van der Waals surface area contributed by atoms with Crippen molar-refractivity contribution in [3.8, 4) is 6.07 Å². The average Bonchev–Trinajstić information content (AvgIpc) is 2.82. The zero-order chi connectivity index (χ0) is 22.0. The maximum Gasteiger partial charge on any atom is 0.141 e. The second kappa shape index (κ2) is 8.77. The van der Waals surface area contributed by atoms with Gasteiger partial charge in [-0.05, 0) is 49.5 Å². The first kappa shape index (κ1) is 20.9. The van der Waals surface area contributed by atoms with Gasteiger partial charge in [0.1, 0.15) is 17.5 Å². The van der Waals surface area contributed by atoms with Crippen LogP contribution in [0.5, 0.6) is 0 Å². The number of rotatable bonds is 4. The van der Waals surface area contributed by atoms with Gasteiger partial charge in [0.2, 0.25) is 0 Å². The molecule has 0 N–H and O–H groups in total. The van der Waals surface area contributed by atoms with Gasteiger partial charge in [-0.2, -0.15) is 5.26 Å². The van der Waals surface area contributed by atoms with Gasteiger partial charge in [0.05, 0.1) is 11.4 Å². The van der Waals surface area contributed by atoms with E-state index in [4.69, 9.17) is 0 Å². The standard InChI is InChI=1S/C26H29N5/c1-18-16-24(26-23(30(18)3)15-12-21(17-27)29-26)31(4)22-13-10-20(11-14-22)25(28-2)19-8-6-5-7-9-19/h5-9,12,15-16,20,22H,1,10-11,13-14H2,2-4H3. The Balaban J connectivity index is 1.53. The highest BCUT2D eigenvalue weighted by atomic mass is 15.2. The van der Waals surface area contributed by atoms with Crippen molar-refractivity contribution in [2.45, 2.75) is 31.7 Å². The minimum Gasteiger partial charge on any atom is -0.370 e. The first-order chi connectivity index (χ1) is 15.0. The number of anilines is 1. The maximum absolute atomic E-state index is 9.34. The van der Waals surface area contributed by atoms with Gasteiger partial charge in [0.15, 0.2) is 0 Å². The number of allylic oxidation sites excluding steroid dienone is 1. The van der Waals surface area contributed by atoms with Crippen molar-refractivity contribution >= 4 is 17.1 Å². The number of aromatic nitrogens is 1. The van der Waals surface area contributed by atoms with Crippen LogP contribution in [0.3, 0.4) is 0 Å². The molecule has 1 fully saturated rings. The van der Waals surface area contributed by atoms with Crippen LogP contribution in [0.4, 0.5) is 5.69 Å². The van der Waals surface area contributed by atoms with Gasteiger partial charge in [-0.15, -0.1) is 0 Å². The Morgan fingerprint density at radius 1 is 1.16 bits per heavy atom. The van der Waals surface area contributed by atoms with Gasteiger partial charge in [0, 0.05) is 44.5 Å². The molecule has 0 saturated heterocycles. The lowest BCUT2D eigenvalue weighted by Gasteiger charge is -2.40. The van der Waals surface area contributed by atoms with Crippen LogP contribution in [0.25, 0.3) is 5.70 Å². The molecule has 1 aromatic heterocycles. The smallest absolute Gasteiger partial charge is 0.141 e. The molecule has 2 aromatic rings. The Labute approximate surface area is 185 Å². The van der Waals surface area contributed by atoms with E-state index in [0.717, 1.165) is 48.5 Å². The van der Waals surface area contributed by atoms with Crippen LogP contribution in [-0.2, 0) is 0 Å². The van der Waals surface area contributed by atoms with Crippen LogP contribution in [0.15, 0.2) is 65.8 Å². The summed E-state index contributed by atoms with van der Waals surface area (Å²) in [7, 11) is 6.04. The molecule has 1 aromatic carbocycles. The summed E-state index contributed by atoms with van der Waals surface area (Å²) in [6, 6.07) is 16.9. The number of pyridine rings is 1. The lowest BCUT2D eigenvalue weighted by atomic mass is 9.80. The topological polar surface area (TPSA) is 55.5 Å². The zero-order valence-electron chi connectivity index (χ0n) is 18.5. The Kier molecular flexibility index (Phi) is 5.90. The van der Waals surface area contributed by atoms with Crippen molar-refractivity contribution < 1.29 is 0 Å². The van der Waals surface area contributed by atoms with Crippen molar-refractivity contribution in [3.05, 3.63) is 77.8 Å². The highest BCUT2D eigenvalue weighted by Gasteiger charge is 2.31. The molecule has 0 atom stereocenters. The van der Waals surface area contributed by atoms with Crippen LogP contribution in [0.1, 0.15) is 42.6 Å². The van der Waals surface area contributed by atoms with Gasteiger partial charge in [0.25, 0.3) is 0 Å². The van der Waals surface area contributed by atoms with Gasteiger partial charge in [-0.1, -0.05) is 36.9 Å². The second-order valence-electron chi connectivity index (χ2n) is 8.35. The summed E-state index contributed by atoms with van der Waals surface area (Å²) in [6.07, 6.45) is 6.51. The van der Waals surface area contributed by atoms with Crippen molar-refractivity contribution in [1.82, 2.24) is 9.88 Å². The van der Waals surface area contributed by atoms with Gasteiger partial charge >= 0.3 is 0 Å². The molecule has 158 valence electrons. The van der Waals surface area contributed by atoms with E-state index in [2.05, 4.69) is 71.0 Å². The number of aliphatic imine (C=N–C) groups is 1. The van der Waals surface area contributed by atoms with Gasteiger partial charge in [-0.3, -0.25) is 4.99 Å². The average molecular weight is 412 g/mol.